The van der Waals surface area contributed by atoms with Gasteiger partial charge in [0.25, 0.3) is 0 Å². The third-order valence-electron chi connectivity index (χ3n) is 4.11. The highest BCUT2D eigenvalue weighted by molar-refractivity contribution is 5.74. The van der Waals surface area contributed by atoms with Crippen molar-refractivity contribution in [1.29, 1.82) is 0 Å². The minimum absolute atomic E-state index is 1.14. The monoisotopic (exact) mass is 382 g/mol. The minimum Gasteiger partial charge on any atom is -0.481 e. The lowest BCUT2D eigenvalue weighted by atomic mass is 9.70. The van der Waals surface area contributed by atoms with Crippen molar-refractivity contribution in [3.05, 3.63) is 0 Å². The van der Waals surface area contributed by atoms with Crippen LogP contribution in [0, 0.1) is 0 Å². The van der Waals surface area contributed by atoms with Crippen molar-refractivity contribution >= 4 is 23.9 Å². The van der Waals surface area contributed by atoms with Crippen LogP contribution in [0.3, 0.4) is 0 Å². The molecular formula is C13H18O13. The van der Waals surface area contributed by atoms with E-state index in [1.165, 1.54) is 0 Å². The van der Waals surface area contributed by atoms with Gasteiger partial charge in [-0.2, -0.15) is 0 Å². The maximum Gasteiger partial charge on any atom is 0.308 e. The van der Waals surface area contributed by atoms with Crippen molar-refractivity contribution in [2.45, 2.75) is 54.9 Å². The number of ether oxygens (including phenoxy) is 1. The number of hydrogen-bond donors (Lipinski definition) is 8. The summed E-state index contributed by atoms with van der Waals surface area (Å²) in [5.41, 5.74) is -6.62. The van der Waals surface area contributed by atoms with Crippen LogP contribution in [-0.4, -0.2) is 93.9 Å². The summed E-state index contributed by atoms with van der Waals surface area (Å²) < 4.78 is 4.79. The molecule has 0 aromatic carbocycles. The lowest BCUT2D eigenvalue weighted by Gasteiger charge is -2.42. The number of carbonyl (C=O) groups is 4. The van der Waals surface area contributed by atoms with Crippen LogP contribution >= 0.6 is 0 Å². The topological polar surface area (TPSA) is 239 Å². The van der Waals surface area contributed by atoms with Crippen molar-refractivity contribution < 1.29 is 64.8 Å². The van der Waals surface area contributed by atoms with Crippen LogP contribution in [-0.2, 0) is 23.9 Å². The van der Waals surface area contributed by atoms with Gasteiger partial charge in [0.05, 0.1) is 25.4 Å². The van der Waals surface area contributed by atoms with Gasteiger partial charge in [-0.25, -0.2) is 0 Å². The van der Waals surface area contributed by atoms with E-state index in [0.717, 1.165) is 0 Å². The quantitative estimate of drug-likeness (QED) is 0.196. The summed E-state index contributed by atoms with van der Waals surface area (Å²) in [6, 6.07) is 0. The Kier molecular flexibility index (Phi) is 5.95. The summed E-state index contributed by atoms with van der Waals surface area (Å²) >= 11 is 0. The van der Waals surface area contributed by atoms with Gasteiger partial charge in [-0.05, 0) is 0 Å². The predicted molar refractivity (Wildman–Crippen MR) is 74.7 cm³/mol. The molecule has 26 heavy (non-hydrogen) atoms. The molecular weight excluding hydrogens is 364 g/mol. The fraction of sp³-hybridized carbons (Fsp3) is 0.692. The molecule has 1 aliphatic heterocycles. The van der Waals surface area contributed by atoms with E-state index >= 15 is 0 Å². The summed E-state index contributed by atoms with van der Waals surface area (Å²) in [6.07, 6.45) is -10.2. The number of carboxylic acids is 4. The van der Waals surface area contributed by atoms with E-state index in [0.29, 0.717) is 0 Å². The number of carboxylic acid groups (broad SMARTS) is 4. The first kappa shape index (κ1) is 21.7. The highest BCUT2D eigenvalue weighted by Crippen LogP contribution is 2.52. The van der Waals surface area contributed by atoms with E-state index in [1.54, 1.807) is 0 Å². The van der Waals surface area contributed by atoms with E-state index in [-0.39, 0.29) is 0 Å². The summed E-state index contributed by atoms with van der Waals surface area (Å²) in [6.45, 7) is 0. The van der Waals surface area contributed by atoms with Gasteiger partial charge in [0.15, 0.2) is 5.60 Å². The molecule has 0 bridgehead atoms. The molecule has 8 N–H and O–H groups in total. The molecule has 13 nitrogen and oxygen atoms in total. The number of hydrogen-bond acceptors (Lipinski definition) is 9. The standard InChI is InChI=1S/C13H18O13/c14-5(1-6(15)16)10-11(23,2-7(17)18)12(24,3-8(19)20)13(25,26-10)4-9(21)22/h5,10,14,23-25H,1-4H2,(H,15,16)(H,17,18)(H,19,20)(H,21,22)/t5?,10-,11-,12-,13-/m1/s1. The van der Waals surface area contributed by atoms with E-state index in [2.05, 4.69) is 0 Å². The minimum atomic E-state index is -3.40. The van der Waals surface area contributed by atoms with Crippen LogP contribution in [0.5, 0.6) is 0 Å². The second-order valence-electron chi connectivity index (χ2n) is 5.98. The van der Waals surface area contributed by atoms with Gasteiger partial charge in [0.1, 0.15) is 18.1 Å². The Bertz CT molecular complexity index is 617. The summed E-state index contributed by atoms with van der Waals surface area (Å²) in [5, 5.41) is 77.2. The van der Waals surface area contributed by atoms with Crippen molar-refractivity contribution in [1.82, 2.24) is 0 Å². The Hall–Kier alpha value is -2.32. The number of aliphatic hydroxyl groups is 4. The van der Waals surface area contributed by atoms with Gasteiger partial charge in [-0.3, -0.25) is 19.2 Å². The molecule has 0 aromatic heterocycles. The second-order valence-corrected chi connectivity index (χ2v) is 5.98. The molecule has 13 heteroatoms. The third kappa shape index (κ3) is 3.76. The van der Waals surface area contributed by atoms with Crippen LogP contribution in [0.4, 0.5) is 0 Å². The summed E-state index contributed by atoms with van der Waals surface area (Å²) in [5.74, 6) is -10.5. The van der Waals surface area contributed by atoms with Gasteiger partial charge in [-0.15, -0.1) is 0 Å². The summed E-state index contributed by atoms with van der Waals surface area (Å²) in [7, 11) is 0. The highest BCUT2D eigenvalue weighted by Gasteiger charge is 2.75. The molecule has 0 aromatic rings. The van der Waals surface area contributed by atoms with Crippen molar-refractivity contribution in [3.8, 4) is 0 Å². The Labute approximate surface area is 144 Å². The molecule has 1 unspecified atom stereocenters. The van der Waals surface area contributed by atoms with Crippen molar-refractivity contribution in [2.24, 2.45) is 0 Å². The zero-order valence-corrected chi connectivity index (χ0v) is 13.1. The van der Waals surface area contributed by atoms with E-state index < -0.39 is 78.8 Å². The Balaban J connectivity index is 3.57. The fourth-order valence-electron chi connectivity index (χ4n) is 3.04. The molecule has 1 rings (SSSR count). The van der Waals surface area contributed by atoms with Crippen LogP contribution in [0.15, 0.2) is 0 Å². The first-order valence-electron chi connectivity index (χ1n) is 7.08. The Morgan fingerprint density at radius 1 is 0.808 bits per heavy atom. The van der Waals surface area contributed by atoms with Crippen LogP contribution in [0.2, 0.25) is 0 Å². The molecule has 0 saturated carbocycles. The molecule has 0 amide bonds. The van der Waals surface area contributed by atoms with Gasteiger partial charge in [0.2, 0.25) is 5.79 Å². The van der Waals surface area contributed by atoms with Gasteiger partial charge in [0, 0.05) is 0 Å². The molecule has 0 radical (unpaired) electrons. The fourth-order valence-corrected chi connectivity index (χ4v) is 3.04. The molecule has 1 fully saturated rings. The van der Waals surface area contributed by atoms with Crippen molar-refractivity contribution in [3.63, 3.8) is 0 Å². The third-order valence-corrected chi connectivity index (χ3v) is 4.11. The molecule has 148 valence electrons. The Morgan fingerprint density at radius 2 is 1.27 bits per heavy atom. The maximum atomic E-state index is 11.1. The lowest BCUT2D eigenvalue weighted by molar-refractivity contribution is -0.280. The average molecular weight is 382 g/mol. The smallest absolute Gasteiger partial charge is 0.308 e. The van der Waals surface area contributed by atoms with Crippen molar-refractivity contribution in [2.75, 3.05) is 0 Å². The first-order valence-corrected chi connectivity index (χ1v) is 7.08. The van der Waals surface area contributed by atoms with Crippen LogP contribution < -0.4 is 0 Å². The summed E-state index contributed by atoms with van der Waals surface area (Å²) in [4.78, 5) is 43.9. The van der Waals surface area contributed by atoms with E-state index in [4.69, 9.17) is 25.2 Å². The molecule has 5 atom stereocenters. The largest absolute Gasteiger partial charge is 0.481 e. The first-order chi connectivity index (χ1) is 11.7. The molecule has 0 spiro atoms. The zero-order valence-electron chi connectivity index (χ0n) is 13.1. The zero-order chi connectivity index (χ0) is 20.5. The molecule has 1 saturated heterocycles. The van der Waals surface area contributed by atoms with Gasteiger partial charge in [-0.1, -0.05) is 0 Å². The SMILES string of the molecule is O=C(O)CC(O)[C@H]1O[C@](O)(CC(=O)O)[C@@](O)(CC(=O)O)[C@@]1(O)CC(=O)O. The van der Waals surface area contributed by atoms with Gasteiger partial charge < -0.3 is 45.6 Å². The van der Waals surface area contributed by atoms with Gasteiger partial charge >= 0.3 is 23.9 Å². The number of aliphatic carboxylic acids is 4. The highest BCUT2D eigenvalue weighted by atomic mass is 16.7. The molecule has 1 heterocycles. The van der Waals surface area contributed by atoms with Crippen LogP contribution in [0.1, 0.15) is 25.7 Å². The van der Waals surface area contributed by atoms with Crippen LogP contribution in [0.25, 0.3) is 0 Å². The molecule has 1 aliphatic rings. The van der Waals surface area contributed by atoms with E-state index in [9.17, 15) is 39.6 Å². The number of aliphatic hydroxyl groups excluding tert-OH is 1. The number of rotatable bonds is 9. The lowest BCUT2D eigenvalue weighted by Crippen LogP contribution is -2.66. The maximum absolute atomic E-state index is 11.1. The normalized spacial score (nSPS) is 35.0. The Morgan fingerprint density at radius 3 is 1.65 bits per heavy atom. The van der Waals surface area contributed by atoms with E-state index in [1.807, 2.05) is 0 Å². The second kappa shape index (κ2) is 7.13. The molecule has 0 aliphatic carbocycles. The predicted octanol–water partition coefficient (Wildman–Crippen LogP) is -3.20. The average Bonchev–Trinajstić information content (AvgIpc) is 2.54.